The van der Waals surface area contributed by atoms with Crippen molar-refractivity contribution in [3.63, 3.8) is 0 Å². The van der Waals surface area contributed by atoms with Gasteiger partial charge in [0.05, 0.1) is 4.92 Å². The summed E-state index contributed by atoms with van der Waals surface area (Å²) in [6.45, 7) is 2.07. The fraction of sp³-hybridized carbons (Fsp3) is 0.316. The molecular weight excluding hydrogens is 354 g/mol. The molecule has 1 heterocycles. The van der Waals surface area contributed by atoms with Crippen LogP contribution in [-0.4, -0.2) is 30.5 Å². The number of hydrogen-bond donors (Lipinski definition) is 1. The maximum atomic E-state index is 12.3. The van der Waals surface area contributed by atoms with Crippen LogP contribution in [0.2, 0.25) is 5.02 Å². The van der Waals surface area contributed by atoms with E-state index < -0.39 is 4.92 Å². The predicted molar refractivity (Wildman–Crippen MR) is 102 cm³/mol. The van der Waals surface area contributed by atoms with Crippen molar-refractivity contribution in [2.75, 3.05) is 24.5 Å². The van der Waals surface area contributed by atoms with Crippen molar-refractivity contribution in [1.82, 2.24) is 5.32 Å². The fourth-order valence-electron chi connectivity index (χ4n) is 3.11. The first-order valence-corrected chi connectivity index (χ1v) is 8.98. The molecule has 26 heavy (non-hydrogen) atoms. The van der Waals surface area contributed by atoms with Crippen LogP contribution in [0, 0.1) is 10.1 Å². The quantitative estimate of drug-likeness (QED) is 0.617. The molecule has 0 unspecified atom stereocenters. The highest BCUT2D eigenvalue weighted by Gasteiger charge is 2.23. The first kappa shape index (κ1) is 18.2. The van der Waals surface area contributed by atoms with E-state index in [0.29, 0.717) is 29.2 Å². The lowest BCUT2D eigenvalue weighted by Gasteiger charge is -2.17. The summed E-state index contributed by atoms with van der Waals surface area (Å²) in [5.41, 5.74) is 1.93. The molecule has 1 fully saturated rings. The number of nitro groups is 1. The van der Waals surface area contributed by atoms with Crippen LogP contribution in [0.15, 0.2) is 42.5 Å². The number of nitrogens with one attached hydrogen (secondary N) is 1. The van der Waals surface area contributed by atoms with E-state index in [1.54, 1.807) is 24.3 Å². The van der Waals surface area contributed by atoms with Crippen LogP contribution in [0.3, 0.4) is 0 Å². The molecule has 6 nitrogen and oxygen atoms in total. The third-order valence-electron chi connectivity index (χ3n) is 4.49. The molecule has 1 N–H and O–H groups in total. The van der Waals surface area contributed by atoms with E-state index >= 15 is 0 Å². The number of nitro benzene ring substituents is 1. The number of nitrogens with zero attached hydrogens (tertiary/aromatic N) is 2. The summed E-state index contributed by atoms with van der Waals surface area (Å²) in [4.78, 5) is 25.3. The molecule has 1 aliphatic rings. The Morgan fingerprint density at radius 2 is 1.85 bits per heavy atom. The van der Waals surface area contributed by atoms with Crippen LogP contribution in [-0.2, 0) is 6.42 Å². The normalized spacial score (nSPS) is 13.7. The third kappa shape index (κ3) is 4.32. The number of anilines is 1. The molecule has 0 radical (unpaired) electrons. The Labute approximate surface area is 156 Å². The second-order valence-electron chi connectivity index (χ2n) is 6.29. The van der Waals surface area contributed by atoms with Gasteiger partial charge in [0, 0.05) is 36.3 Å². The van der Waals surface area contributed by atoms with Gasteiger partial charge in [0.15, 0.2) is 0 Å². The average molecular weight is 374 g/mol. The Hall–Kier alpha value is -2.60. The van der Waals surface area contributed by atoms with Gasteiger partial charge in [-0.05, 0) is 49.1 Å². The van der Waals surface area contributed by atoms with Crippen LogP contribution in [0.4, 0.5) is 11.4 Å². The minimum Gasteiger partial charge on any atom is -0.366 e. The van der Waals surface area contributed by atoms with E-state index in [1.165, 1.54) is 6.07 Å². The second-order valence-corrected chi connectivity index (χ2v) is 6.72. The van der Waals surface area contributed by atoms with Crippen molar-refractivity contribution in [2.45, 2.75) is 19.3 Å². The predicted octanol–water partition coefficient (Wildman–Crippen LogP) is 3.82. The van der Waals surface area contributed by atoms with Crippen LogP contribution in [0.1, 0.15) is 28.8 Å². The molecule has 0 aromatic heterocycles. The lowest BCUT2D eigenvalue weighted by molar-refractivity contribution is -0.384. The topological polar surface area (TPSA) is 75.5 Å². The summed E-state index contributed by atoms with van der Waals surface area (Å²) in [5.74, 6) is -0.310. The number of carbonyl (C=O) groups excluding carboxylic acids is 1. The first-order chi connectivity index (χ1) is 12.5. The molecule has 2 aromatic carbocycles. The Morgan fingerprint density at radius 3 is 2.50 bits per heavy atom. The minimum absolute atomic E-state index is 0.0164. The smallest absolute Gasteiger partial charge is 0.293 e. The molecule has 0 aliphatic carbocycles. The Kier molecular flexibility index (Phi) is 5.73. The molecule has 1 saturated heterocycles. The van der Waals surface area contributed by atoms with Crippen molar-refractivity contribution < 1.29 is 9.72 Å². The zero-order valence-electron chi connectivity index (χ0n) is 14.3. The summed E-state index contributed by atoms with van der Waals surface area (Å²) >= 11 is 5.85. The van der Waals surface area contributed by atoms with Gasteiger partial charge in [-0.2, -0.15) is 0 Å². The Morgan fingerprint density at radius 1 is 1.15 bits per heavy atom. The zero-order valence-corrected chi connectivity index (χ0v) is 15.0. The van der Waals surface area contributed by atoms with Gasteiger partial charge in [-0.25, -0.2) is 0 Å². The van der Waals surface area contributed by atoms with Crippen molar-refractivity contribution in [3.05, 3.63) is 68.7 Å². The summed E-state index contributed by atoms with van der Waals surface area (Å²) in [7, 11) is 0. The molecule has 0 bridgehead atoms. The van der Waals surface area contributed by atoms with E-state index in [-0.39, 0.29) is 11.6 Å². The van der Waals surface area contributed by atoms with E-state index in [2.05, 4.69) is 5.32 Å². The van der Waals surface area contributed by atoms with E-state index in [0.717, 1.165) is 31.5 Å². The molecule has 0 spiro atoms. The molecule has 0 atom stereocenters. The SMILES string of the molecule is O=C(NCCc1ccc(Cl)cc1)c1ccc(N2CCCC2)c([N+](=O)[O-])c1. The number of hydrogen-bond acceptors (Lipinski definition) is 4. The summed E-state index contributed by atoms with van der Waals surface area (Å²) in [6, 6.07) is 12.1. The first-order valence-electron chi connectivity index (χ1n) is 8.60. The molecule has 0 saturated carbocycles. The third-order valence-corrected chi connectivity index (χ3v) is 4.75. The standard InChI is InChI=1S/C19H20ClN3O3/c20-16-6-3-14(4-7-16)9-10-21-19(24)15-5-8-17(18(13-15)23(25)26)22-11-1-2-12-22/h3-8,13H,1-2,9-12H2,(H,21,24). The average Bonchev–Trinajstić information content (AvgIpc) is 3.17. The zero-order chi connectivity index (χ0) is 18.5. The monoisotopic (exact) mass is 373 g/mol. The number of amides is 1. The van der Waals surface area contributed by atoms with Crippen LogP contribution in [0.5, 0.6) is 0 Å². The Bertz CT molecular complexity index is 802. The number of halogens is 1. The number of benzene rings is 2. The summed E-state index contributed by atoms with van der Waals surface area (Å²) < 4.78 is 0. The molecule has 2 aromatic rings. The van der Waals surface area contributed by atoms with Gasteiger partial charge in [-0.15, -0.1) is 0 Å². The molecule has 1 aliphatic heterocycles. The number of carbonyl (C=O) groups is 1. The highest BCUT2D eigenvalue weighted by Crippen LogP contribution is 2.31. The van der Waals surface area contributed by atoms with E-state index in [4.69, 9.17) is 11.6 Å². The summed E-state index contributed by atoms with van der Waals surface area (Å²) in [6.07, 6.45) is 2.73. The summed E-state index contributed by atoms with van der Waals surface area (Å²) in [5, 5.41) is 14.9. The molecule has 7 heteroatoms. The molecular formula is C19H20ClN3O3. The molecule has 3 rings (SSSR count). The van der Waals surface area contributed by atoms with Gasteiger partial charge in [-0.1, -0.05) is 23.7 Å². The lowest BCUT2D eigenvalue weighted by atomic mass is 10.1. The van der Waals surface area contributed by atoms with Crippen LogP contribution < -0.4 is 10.2 Å². The van der Waals surface area contributed by atoms with Gasteiger partial charge in [0.25, 0.3) is 11.6 Å². The van der Waals surface area contributed by atoms with Crippen LogP contribution >= 0.6 is 11.6 Å². The fourth-order valence-corrected chi connectivity index (χ4v) is 3.24. The molecule has 136 valence electrons. The highest BCUT2D eigenvalue weighted by atomic mass is 35.5. The van der Waals surface area contributed by atoms with Crippen LogP contribution in [0.25, 0.3) is 0 Å². The van der Waals surface area contributed by atoms with Gasteiger partial charge in [-0.3, -0.25) is 14.9 Å². The van der Waals surface area contributed by atoms with Gasteiger partial charge in [0.2, 0.25) is 0 Å². The largest absolute Gasteiger partial charge is 0.366 e. The maximum Gasteiger partial charge on any atom is 0.293 e. The maximum absolute atomic E-state index is 12.3. The van der Waals surface area contributed by atoms with Crippen molar-refractivity contribution >= 4 is 28.9 Å². The van der Waals surface area contributed by atoms with Crippen molar-refractivity contribution in [2.24, 2.45) is 0 Å². The van der Waals surface area contributed by atoms with Gasteiger partial charge < -0.3 is 10.2 Å². The lowest BCUT2D eigenvalue weighted by Crippen LogP contribution is -2.26. The van der Waals surface area contributed by atoms with Crippen molar-refractivity contribution in [3.8, 4) is 0 Å². The van der Waals surface area contributed by atoms with Crippen molar-refractivity contribution in [1.29, 1.82) is 0 Å². The molecule has 1 amide bonds. The minimum atomic E-state index is -0.419. The van der Waals surface area contributed by atoms with Gasteiger partial charge in [0.1, 0.15) is 5.69 Å². The van der Waals surface area contributed by atoms with Gasteiger partial charge >= 0.3 is 0 Å². The highest BCUT2D eigenvalue weighted by molar-refractivity contribution is 6.30. The number of rotatable bonds is 6. The second kappa shape index (κ2) is 8.19. The van der Waals surface area contributed by atoms with E-state index in [9.17, 15) is 14.9 Å². The Balaban J connectivity index is 1.65. The van der Waals surface area contributed by atoms with E-state index in [1.807, 2.05) is 17.0 Å².